The zero-order chi connectivity index (χ0) is 21.1. The number of hydrogen-bond donors (Lipinski definition) is 1. The number of halogens is 2. The first-order valence-electron chi connectivity index (χ1n) is 9.21. The van der Waals surface area contributed by atoms with Crippen LogP contribution >= 0.6 is 15.9 Å². The molecule has 30 heavy (non-hydrogen) atoms. The highest BCUT2D eigenvalue weighted by molar-refractivity contribution is 9.10. The number of carbonyl (C=O) groups excluding carboxylic acids is 1. The Morgan fingerprint density at radius 2 is 1.90 bits per heavy atom. The highest BCUT2D eigenvalue weighted by atomic mass is 79.9. The Balaban J connectivity index is 1.46. The first kappa shape index (κ1) is 20.0. The summed E-state index contributed by atoms with van der Waals surface area (Å²) >= 11 is 3.33. The summed E-state index contributed by atoms with van der Waals surface area (Å²) in [6.07, 6.45) is 2.83. The summed E-state index contributed by atoms with van der Waals surface area (Å²) in [5.74, 6) is -0.569. The average molecular weight is 470 g/mol. The lowest BCUT2D eigenvalue weighted by Crippen LogP contribution is -2.27. The van der Waals surface area contributed by atoms with E-state index in [0.29, 0.717) is 35.2 Å². The number of nitrogens with zero attached hydrogens (tertiary/aromatic N) is 4. The molecular formula is C21H17BrFN5O2. The van der Waals surface area contributed by atoms with E-state index < -0.39 is 0 Å². The van der Waals surface area contributed by atoms with Crippen LogP contribution in [0.1, 0.15) is 15.9 Å². The van der Waals surface area contributed by atoms with E-state index in [2.05, 4.69) is 31.3 Å². The van der Waals surface area contributed by atoms with E-state index in [1.807, 2.05) is 0 Å². The fourth-order valence-corrected chi connectivity index (χ4v) is 3.33. The Morgan fingerprint density at radius 1 is 1.13 bits per heavy atom. The van der Waals surface area contributed by atoms with Gasteiger partial charge in [0.15, 0.2) is 5.65 Å². The van der Waals surface area contributed by atoms with Gasteiger partial charge in [-0.2, -0.15) is 5.10 Å². The van der Waals surface area contributed by atoms with Crippen molar-refractivity contribution in [1.29, 1.82) is 0 Å². The Labute approximate surface area is 179 Å². The number of aromatic nitrogens is 4. The van der Waals surface area contributed by atoms with Crippen molar-refractivity contribution in [1.82, 2.24) is 24.6 Å². The molecule has 0 aliphatic carbocycles. The number of nitrogens with one attached hydrogen (secondary N) is 1. The van der Waals surface area contributed by atoms with E-state index in [9.17, 15) is 14.0 Å². The largest absolute Gasteiger partial charge is 0.350 e. The summed E-state index contributed by atoms with van der Waals surface area (Å²) in [6.45, 7) is 0.768. The smallest absolute Gasteiger partial charge is 0.264 e. The molecule has 7 nitrogen and oxygen atoms in total. The van der Waals surface area contributed by atoms with Gasteiger partial charge in [0.2, 0.25) is 0 Å². The van der Waals surface area contributed by atoms with E-state index in [-0.39, 0.29) is 23.8 Å². The lowest BCUT2D eigenvalue weighted by Gasteiger charge is -2.08. The van der Waals surface area contributed by atoms with Crippen LogP contribution in [0.3, 0.4) is 0 Å². The number of rotatable bonds is 6. The van der Waals surface area contributed by atoms with Gasteiger partial charge in [0.1, 0.15) is 17.5 Å². The fourth-order valence-electron chi connectivity index (χ4n) is 3.06. The average Bonchev–Trinajstić information content (AvgIpc) is 3.16. The third-order valence-corrected chi connectivity index (χ3v) is 5.17. The number of hydrogen-bond acceptors (Lipinski definition) is 4. The van der Waals surface area contributed by atoms with Crippen molar-refractivity contribution >= 4 is 32.9 Å². The molecule has 152 valence electrons. The minimum Gasteiger partial charge on any atom is -0.350 e. The minimum absolute atomic E-state index is 0.0862. The van der Waals surface area contributed by atoms with Crippen LogP contribution in [0.4, 0.5) is 4.39 Å². The van der Waals surface area contributed by atoms with Crippen molar-refractivity contribution in [2.45, 2.75) is 13.1 Å². The molecule has 4 rings (SSSR count). The molecule has 2 heterocycles. The van der Waals surface area contributed by atoms with Gasteiger partial charge in [-0.15, -0.1) is 0 Å². The molecule has 0 atom stereocenters. The normalized spacial score (nSPS) is 11.0. The van der Waals surface area contributed by atoms with Gasteiger partial charge in [-0.3, -0.25) is 14.2 Å². The molecule has 2 aromatic heterocycles. The molecule has 4 aromatic rings. The SMILES string of the molecule is O=C(NCCn1ncc2c(=O)n(Cc3ccccc3F)cnc21)c1ccc(Br)cc1. The first-order chi connectivity index (χ1) is 14.5. The van der Waals surface area contributed by atoms with Crippen LogP contribution in [0.5, 0.6) is 0 Å². The van der Waals surface area contributed by atoms with Gasteiger partial charge in [-0.1, -0.05) is 34.1 Å². The fraction of sp³-hybridized carbons (Fsp3) is 0.143. The predicted molar refractivity (Wildman–Crippen MR) is 114 cm³/mol. The zero-order valence-electron chi connectivity index (χ0n) is 15.8. The maximum atomic E-state index is 13.9. The minimum atomic E-state index is -0.373. The summed E-state index contributed by atoms with van der Waals surface area (Å²) < 4.78 is 17.7. The Bertz CT molecular complexity index is 1270. The Kier molecular flexibility index (Phi) is 5.71. The van der Waals surface area contributed by atoms with Gasteiger partial charge < -0.3 is 5.32 Å². The van der Waals surface area contributed by atoms with Gasteiger partial charge in [-0.05, 0) is 30.3 Å². The highest BCUT2D eigenvalue weighted by Crippen LogP contribution is 2.11. The van der Waals surface area contributed by atoms with Crippen molar-refractivity contribution < 1.29 is 9.18 Å². The number of fused-ring (bicyclic) bond motifs is 1. The lowest BCUT2D eigenvalue weighted by atomic mass is 10.2. The topological polar surface area (TPSA) is 81.8 Å². The maximum absolute atomic E-state index is 13.9. The quantitative estimate of drug-likeness (QED) is 0.470. The van der Waals surface area contributed by atoms with Crippen LogP contribution in [0.2, 0.25) is 0 Å². The van der Waals surface area contributed by atoms with Gasteiger partial charge in [0.25, 0.3) is 11.5 Å². The molecule has 0 saturated carbocycles. The maximum Gasteiger partial charge on any atom is 0.264 e. The summed E-state index contributed by atoms with van der Waals surface area (Å²) in [5.41, 5.74) is 1.08. The van der Waals surface area contributed by atoms with Crippen LogP contribution in [0.15, 0.2) is 70.3 Å². The molecule has 0 aliphatic heterocycles. The second kappa shape index (κ2) is 8.58. The van der Waals surface area contributed by atoms with Crippen LogP contribution in [0, 0.1) is 5.82 Å². The number of carbonyl (C=O) groups is 1. The van der Waals surface area contributed by atoms with Gasteiger partial charge in [-0.25, -0.2) is 14.1 Å². The van der Waals surface area contributed by atoms with Crippen molar-refractivity contribution in [2.75, 3.05) is 6.54 Å². The molecule has 0 aliphatic rings. The molecule has 0 spiro atoms. The molecule has 0 unspecified atom stereocenters. The van der Waals surface area contributed by atoms with Crippen molar-refractivity contribution in [2.24, 2.45) is 0 Å². The van der Waals surface area contributed by atoms with E-state index in [1.165, 1.54) is 23.2 Å². The second-order valence-electron chi connectivity index (χ2n) is 6.64. The standard InChI is InChI=1S/C21H17BrFN5O2/c22-16-7-5-14(6-8-16)20(29)24-9-10-28-19-17(11-26-28)21(30)27(13-25-19)12-15-3-1-2-4-18(15)23/h1-8,11,13H,9-10,12H2,(H,24,29). The van der Waals surface area contributed by atoms with Gasteiger partial charge >= 0.3 is 0 Å². The molecule has 2 aromatic carbocycles. The van der Waals surface area contributed by atoms with Crippen molar-refractivity contribution in [3.05, 3.63) is 92.8 Å². The first-order valence-corrected chi connectivity index (χ1v) is 10.0. The summed E-state index contributed by atoms with van der Waals surface area (Å²) in [4.78, 5) is 29.2. The number of amides is 1. The number of benzene rings is 2. The zero-order valence-corrected chi connectivity index (χ0v) is 17.3. The summed E-state index contributed by atoms with van der Waals surface area (Å²) in [7, 11) is 0. The molecule has 0 radical (unpaired) electrons. The highest BCUT2D eigenvalue weighted by Gasteiger charge is 2.12. The molecule has 1 amide bonds. The molecule has 0 saturated heterocycles. The van der Waals surface area contributed by atoms with Gasteiger partial charge in [0.05, 0.1) is 19.3 Å². The van der Waals surface area contributed by atoms with Crippen LogP contribution < -0.4 is 10.9 Å². The Hall–Kier alpha value is -3.33. The van der Waals surface area contributed by atoms with Crippen LogP contribution in [0.25, 0.3) is 11.0 Å². The van der Waals surface area contributed by atoms with Crippen molar-refractivity contribution in [3.8, 4) is 0 Å². The molecule has 9 heteroatoms. The monoisotopic (exact) mass is 469 g/mol. The van der Waals surface area contributed by atoms with Crippen LogP contribution in [-0.4, -0.2) is 31.8 Å². The molecular weight excluding hydrogens is 453 g/mol. The summed E-state index contributed by atoms with van der Waals surface area (Å²) in [6, 6.07) is 13.3. The third kappa shape index (κ3) is 4.16. The van der Waals surface area contributed by atoms with Gasteiger partial charge in [0, 0.05) is 22.1 Å². The predicted octanol–water partition coefficient (Wildman–Crippen LogP) is 2.97. The summed E-state index contributed by atoms with van der Waals surface area (Å²) in [5, 5.41) is 7.37. The molecule has 1 N–H and O–H groups in total. The van der Waals surface area contributed by atoms with Crippen molar-refractivity contribution in [3.63, 3.8) is 0 Å². The lowest BCUT2D eigenvalue weighted by molar-refractivity contribution is 0.0952. The van der Waals surface area contributed by atoms with E-state index in [0.717, 1.165) is 4.47 Å². The third-order valence-electron chi connectivity index (χ3n) is 4.64. The second-order valence-corrected chi connectivity index (χ2v) is 7.55. The molecule has 0 fully saturated rings. The van der Waals surface area contributed by atoms with Crippen LogP contribution in [-0.2, 0) is 13.1 Å². The van der Waals surface area contributed by atoms with E-state index >= 15 is 0 Å². The van der Waals surface area contributed by atoms with E-state index in [4.69, 9.17) is 0 Å². The Morgan fingerprint density at radius 3 is 2.67 bits per heavy atom. The molecule has 0 bridgehead atoms. The van der Waals surface area contributed by atoms with E-state index in [1.54, 1.807) is 47.1 Å².